The van der Waals surface area contributed by atoms with Crippen LogP contribution in [0.4, 0.5) is 5.69 Å². The van der Waals surface area contributed by atoms with E-state index in [2.05, 4.69) is 16.4 Å². The molecule has 24 heavy (non-hydrogen) atoms. The Kier molecular flexibility index (Phi) is 4.64. The molecule has 3 rings (SSSR count). The van der Waals surface area contributed by atoms with Crippen LogP contribution in [0.25, 0.3) is 5.69 Å². The number of nitrogens with one attached hydrogen (secondary N) is 1. The Labute approximate surface area is 144 Å². The van der Waals surface area contributed by atoms with Gasteiger partial charge in [-0.15, -0.1) is 0 Å². The Hall–Kier alpha value is -3.04. The maximum Gasteiger partial charge on any atom is 0.274 e. The third kappa shape index (κ3) is 3.16. The maximum atomic E-state index is 12.7. The van der Waals surface area contributed by atoms with Crippen molar-refractivity contribution in [2.24, 2.45) is 0 Å². The van der Waals surface area contributed by atoms with E-state index in [0.29, 0.717) is 16.9 Å². The fourth-order valence-electron chi connectivity index (χ4n) is 2.33. The number of rotatable bonds is 4. The summed E-state index contributed by atoms with van der Waals surface area (Å²) in [4.78, 5) is 17.0. The Morgan fingerprint density at radius 3 is 2.71 bits per heavy atom. The fourth-order valence-corrected chi connectivity index (χ4v) is 2.87. The van der Waals surface area contributed by atoms with E-state index in [0.717, 1.165) is 10.8 Å². The number of hydrogen-bond acceptors (Lipinski definition) is 4. The average Bonchev–Trinajstić information content (AvgIpc) is 3.07. The van der Waals surface area contributed by atoms with Gasteiger partial charge in [0, 0.05) is 11.4 Å². The number of aromatic nitrogens is 2. The molecule has 0 bridgehead atoms. The number of carbonyl (C=O) groups excluding carboxylic acids is 1. The van der Waals surface area contributed by atoms with Gasteiger partial charge in [-0.3, -0.25) is 9.36 Å². The van der Waals surface area contributed by atoms with Crippen molar-refractivity contribution in [3.63, 3.8) is 0 Å². The van der Waals surface area contributed by atoms with Crippen LogP contribution in [0.2, 0.25) is 0 Å². The molecular formula is C18H14N4OS. The topological polar surface area (TPSA) is 70.7 Å². The second-order valence-corrected chi connectivity index (χ2v) is 5.72. The molecule has 1 amide bonds. The molecule has 5 nitrogen and oxygen atoms in total. The van der Waals surface area contributed by atoms with Crippen molar-refractivity contribution in [2.75, 3.05) is 11.6 Å². The summed E-state index contributed by atoms with van der Waals surface area (Å²) >= 11 is 1.47. The molecule has 1 aromatic heterocycles. The SMILES string of the molecule is CSc1ncc(C(=O)Nc2cccc(C#N)c2)n1-c1ccccc1. The molecule has 0 atom stereocenters. The molecule has 0 aliphatic rings. The molecule has 0 saturated carbocycles. The van der Waals surface area contributed by atoms with Gasteiger partial charge in [-0.05, 0) is 36.6 Å². The van der Waals surface area contributed by atoms with Gasteiger partial charge >= 0.3 is 0 Å². The van der Waals surface area contributed by atoms with Gasteiger partial charge < -0.3 is 5.32 Å². The van der Waals surface area contributed by atoms with Crippen LogP contribution in [-0.2, 0) is 0 Å². The zero-order chi connectivity index (χ0) is 16.9. The Morgan fingerprint density at radius 2 is 2.00 bits per heavy atom. The highest BCUT2D eigenvalue weighted by Gasteiger charge is 2.17. The minimum atomic E-state index is -0.276. The molecule has 0 radical (unpaired) electrons. The molecule has 6 heteroatoms. The summed E-state index contributed by atoms with van der Waals surface area (Å²) in [6.45, 7) is 0. The summed E-state index contributed by atoms with van der Waals surface area (Å²) in [6.07, 6.45) is 3.47. The Morgan fingerprint density at radius 1 is 1.21 bits per heavy atom. The standard InChI is InChI=1S/C18H14N4OS/c1-24-18-20-12-16(22(18)15-8-3-2-4-9-15)17(23)21-14-7-5-6-13(10-14)11-19/h2-10,12H,1H3,(H,21,23). The van der Waals surface area contributed by atoms with Gasteiger partial charge in [-0.2, -0.15) is 5.26 Å². The van der Waals surface area contributed by atoms with Crippen molar-refractivity contribution in [2.45, 2.75) is 5.16 Å². The fraction of sp³-hybridized carbons (Fsp3) is 0.0556. The number of para-hydroxylation sites is 1. The zero-order valence-corrected chi connectivity index (χ0v) is 13.7. The van der Waals surface area contributed by atoms with Crippen molar-refractivity contribution in [3.8, 4) is 11.8 Å². The lowest BCUT2D eigenvalue weighted by atomic mass is 10.2. The van der Waals surface area contributed by atoms with Crippen LogP contribution in [0.1, 0.15) is 16.1 Å². The molecular weight excluding hydrogens is 320 g/mol. The van der Waals surface area contributed by atoms with Crippen LogP contribution in [-0.4, -0.2) is 21.7 Å². The molecule has 1 N–H and O–H groups in total. The van der Waals surface area contributed by atoms with E-state index >= 15 is 0 Å². The lowest BCUT2D eigenvalue weighted by Gasteiger charge is -2.11. The summed E-state index contributed by atoms with van der Waals surface area (Å²) < 4.78 is 1.81. The highest BCUT2D eigenvalue weighted by atomic mass is 32.2. The van der Waals surface area contributed by atoms with Gasteiger partial charge in [0.1, 0.15) is 5.69 Å². The predicted molar refractivity (Wildman–Crippen MR) is 94.5 cm³/mol. The molecule has 0 unspecified atom stereocenters. The molecule has 2 aromatic carbocycles. The van der Waals surface area contributed by atoms with E-state index in [1.807, 2.05) is 41.2 Å². The van der Waals surface area contributed by atoms with Crippen molar-refractivity contribution in [1.29, 1.82) is 5.26 Å². The predicted octanol–water partition coefficient (Wildman–Crippen LogP) is 3.72. The lowest BCUT2D eigenvalue weighted by Crippen LogP contribution is -2.16. The first-order chi connectivity index (χ1) is 11.7. The number of benzene rings is 2. The Balaban J connectivity index is 1.96. The number of thioether (sulfide) groups is 1. The van der Waals surface area contributed by atoms with Crippen LogP contribution < -0.4 is 5.32 Å². The van der Waals surface area contributed by atoms with Gasteiger partial charge in [0.25, 0.3) is 5.91 Å². The molecule has 0 aliphatic heterocycles. The Bertz CT molecular complexity index is 912. The number of carbonyl (C=O) groups is 1. The third-order valence-electron chi connectivity index (χ3n) is 3.41. The molecule has 3 aromatic rings. The summed E-state index contributed by atoms with van der Waals surface area (Å²) in [5.41, 5.74) is 2.38. The number of amides is 1. The summed E-state index contributed by atoms with van der Waals surface area (Å²) in [5.74, 6) is -0.276. The van der Waals surface area contributed by atoms with Crippen LogP contribution in [0.3, 0.4) is 0 Å². The summed E-state index contributed by atoms with van der Waals surface area (Å²) in [6, 6.07) is 18.5. The van der Waals surface area contributed by atoms with Gasteiger partial charge in [-0.1, -0.05) is 36.0 Å². The van der Waals surface area contributed by atoms with E-state index < -0.39 is 0 Å². The minimum absolute atomic E-state index is 0.276. The first-order valence-electron chi connectivity index (χ1n) is 7.21. The number of anilines is 1. The first kappa shape index (κ1) is 15.8. The normalized spacial score (nSPS) is 10.2. The third-order valence-corrected chi connectivity index (χ3v) is 4.06. The molecule has 0 fully saturated rings. The number of hydrogen-bond donors (Lipinski definition) is 1. The average molecular weight is 334 g/mol. The molecule has 118 valence electrons. The van der Waals surface area contributed by atoms with E-state index in [-0.39, 0.29) is 5.91 Å². The van der Waals surface area contributed by atoms with Crippen LogP contribution >= 0.6 is 11.8 Å². The van der Waals surface area contributed by atoms with E-state index in [1.54, 1.807) is 30.5 Å². The smallest absolute Gasteiger partial charge is 0.274 e. The molecule has 0 spiro atoms. The highest BCUT2D eigenvalue weighted by Crippen LogP contribution is 2.22. The van der Waals surface area contributed by atoms with Crippen LogP contribution in [0, 0.1) is 11.3 Å². The lowest BCUT2D eigenvalue weighted by molar-refractivity contribution is 0.102. The van der Waals surface area contributed by atoms with E-state index in [1.165, 1.54) is 11.8 Å². The van der Waals surface area contributed by atoms with E-state index in [4.69, 9.17) is 5.26 Å². The number of imidazole rings is 1. The van der Waals surface area contributed by atoms with Crippen LogP contribution in [0.5, 0.6) is 0 Å². The van der Waals surface area contributed by atoms with Gasteiger partial charge in [0.15, 0.2) is 5.16 Å². The molecule has 0 saturated heterocycles. The van der Waals surface area contributed by atoms with Crippen molar-refractivity contribution < 1.29 is 4.79 Å². The largest absolute Gasteiger partial charge is 0.321 e. The zero-order valence-electron chi connectivity index (χ0n) is 12.9. The molecule has 1 heterocycles. The summed E-state index contributed by atoms with van der Waals surface area (Å²) in [5, 5.41) is 12.5. The van der Waals surface area contributed by atoms with Gasteiger partial charge in [0.05, 0.1) is 17.8 Å². The number of nitrogens with zero attached hydrogens (tertiary/aromatic N) is 3. The second-order valence-electron chi connectivity index (χ2n) is 4.95. The monoisotopic (exact) mass is 334 g/mol. The molecule has 0 aliphatic carbocycles. The quantitative estimate of drug-likeness (QED) is 0.738. The first-order valence-corrected chi connectivity index (χ1v) is 8.44. The van der Waals surface area contributed by atoms with E-state index in [9.17, 15) is 4.79 Å². The van der Waals surface area contributed by atoms with Gasteiger partial charge in [-0.25, -0.2) is 4.98 Å². The van der Waals surface area contributed by atoms with Crippen molar-refractivity contribution in [3.05, 3.63) is 72.1 Å². The summed E-state index contributed by atoms with van der Waals surface area (Å²) in [7, 11) is 0. The number of nitriles is 1. The minimum Gasteiger partial charge on any atom is -0.321 e. The van der Waals surface area contributed by atoms with Gasteiger partial charge in [0.2, 0.25) is 0 Å². The van der Waals surface area contributed by atoms with Crippen molar-refractivity contribution >= 4 is 23.4 Å². The van der Waals surface area contributed by atoms with Crippen LogP contribution in [0.15, 0.2) is 66.0 Å². The second kappa shape index (κ2) is 7.02. The van der Waals surface area contributed by atoms with Crippen molar-refractivity contribution in [1.82, 2.24) is 9.55 Å². The maximum absolute atomic E-state index is 12.7. The highest BCUT2D eigenvalue weighted by molar-refractivity contribution is 7.98.